The van der Waals surface area contributed by atoms with Crippen LogP contribution in [-0.4, -0.2) is 37.0 Å². The van der Waals surface area contributed by atoms with Crippen molar-refractivity contribution < 1.29 is 27.4 Å². The van der Waals surface area contributed by atoms with Gasteiger partial charge in [0.1, 0.15) is 5.54 Å². The third-order valence-corrected chi connectivity index (χ3v) is 2.26. The lowest BCUT2D eigenvalue weighted by molar-refractivity contribution is -0.226. The number of hydrogen-bond donors (Lipinski definition) is 1. The zero-order chi connectivity index (χ0) is 13.9. The van der Waals surface area contributed by atoms with Gasteiger partial charge in [-0.2, -0.15) is 13.2 Å². The molecule has 0 aromatic rings. The van der Waals surface area contributed by atoms with Gasteiger partial charge < -0.3 is 15.2 Å². The molecule has 0 aliphatic rings. The Kier molecular flexibility index (Phi) is 5.41. The molecule has 0 aliphatic heterocycles. The lowest BCUT2D eigenvalue weighted by Crippen LogP contribution is -2.49. The summed E-state index contributed by atoms with van der Waals surface area (Å²) in [5.74, 6) is -0.687. The fourth-order valence-electron chi connectivity index (χ4n) is 1.39. The summed E-state index contributed by atoms with van der Waals surface area (Å²) < 4.78 is 45.8. The number of halogens is 3. The van der Waals surface area contributed by atoms with Crippen molar-refractivity contribution in [1.82, 2.24) is 0 Å². The van der Waals surface area contributed by atoms with Crippen molar-refractivity contribution in [2.75, 3.05) is 7.11 Å². The van der Waals surface area contributed by atoms with Crippen LogP contribution >= 0.6 is 0 Å². The molecule has 2 N–H and O–H groups in total. The Hall–Kier alpha value is -0.820. The second-order valence-corrected chi connectivity index (χ2v) is 4.24. The van der Waals surface area contributed by atoms with E-state index in [9.17, 15) is 18.0 Å². The largest absolute Gasteiger partial charge is 0.468 e. The van der Waals surface area contributed by atoms with Crippen LogP contribution < -0.4 is 5.73 Å². The van der Waals surface area contributed by atoms with Gasteiger partial charge >= 0.3 is 12.1 Å². The molecule has 0 spiro atoms. The second-order valence-electron chi connectivity index (χ2n) is 4.24. The van der Waals surface area contributed by atoms with E-state index in [0.717, 1.165) is 14.0 Å². The minimum atomic E-state index is -4.43. The van der Waals surface area contributed by atoms with Crippen LogP contribution in [-0.2, 0) is 14.3 Å². The van der Waals surface area contributed by atoms with E-state index in [2.05, 4.69) is 4.74 Å². The summed E-state index contributed by atoms with van der Waals surface area (Å²) in [6, 6.07) is 0. The molecule has 0 bridgehead atoms. The second kappa shape index (κ2) is 5.68. The van der Waals surface area contributed by atoms with Gasteiger partial charge in [0, 0.05) is 6.42 Å². The maximum absolute atomic E-state index is 12.2. The van der Waals surface area contributed by atoms with Gasteiger partial charge in [0.05, 0.1) is 13.2 Å². The van der Waals surface area contributed by atoms with Crippen molar-refractivity contribution in [3.05, 3.63) is 0 Å². The molecule has 0 saturated carbocycles. The molecule has 0 saturated heterocycles. The van der Waals surface area contributed by atoms with E-state index in [0.29, 0.717) is 0 Å². The highest BCUT2D eigenvalue weighted by Crippen LogP contribution is 2.25. The summed E-state index contributed by atoms with van der Waals surface area (Å²) in [7, 11) is 1.16. The Morgan fingerprint density at radius 3 is 2.18 bits per heavy atom. The first kappa shape index (κ1) is 16.2. The Balaban J connectivity index is 4.37. The molecule has 0 aliphatic carbocycles. The van der Waals surface area contributed by atoms with E-state index in [-0.39, 0.29) is 6.42 Å². The SMILES string of the molecule is COC(=O)C(C)(N)CC(C)OC(C)C(F)(F)F. The number of ether oxygens (including phenoxy) is 2. The molecular weight excluding hydrogens is 239 g/mol. The fraction of sp³-hybridized carbons (Fsp3) is 0.900. The van der Waals surface area contributed by atoms with Crippen molar-refractivity contribution in [3.63, 3.8) is 0 Å². The monoisotopic (exact) mass is 257 g/mol. The molecule has 0 rings (SSSR count). The van der Waals surface area contributed by atoms with E-state index >= 15 is 0 Å². The number of carbonyl (C=O) groups excluding carboxylic acids is 1. The van der Waals surface area contributed by atoms with Gasteiger partial charge in [0.25, 0.3) is 0 Å². The van der Waals surface area contributed by atoms with Crippen molar-refractivity contribution in [2.45, 2.75) is 51.1 Å². The molecule has 3 atom stereocenters. The molecule has 0 fully saturated rings. The average molecular weight is 257 g/mol. The van der Waals surface area contributed by atoms with Gasteiger partial charge in [-0.05, 0) is 20.8 Å². The molecule has 102 valence electrons. The molecule has 17 heavy (non-hydrogen) atoms. The van der Waals surface area contributed by atoms with Crippen LogP contribution in [0, 0.1) is 0 Å². The van der Waals surface area contributed by atoms with E-state index in [1.807, 2.05) is 0 Å². The van der Waals surface area contributed by atoms with Crippen LogP contribution in [0.5, 0.6) is 0 Å². The van der Waals surface area contributed by atoms with Gasteiger partial charge in [0.2, 0.25) is 0 Å². The Morgan fingerprint density at radius 2 is 1.82 bits per heavy atom. The number of rotatable bonds is 5. The first-order valence-corrected chi connectivity index (χ1v) is 5.10. The van der Waals surface area contributed by atoms with Gasteiger partial charge in [-0.3, -0.25) is 4.79 Å². The Bertz CT molecular complexity index is 266. The highest BCUT2D eigenvalue weighted by atomic mass is 19.4. The van der Waals surface area contributed by atoms with Crippen LogP contribution in [0.1, 0.15) is 27.2 Å². The minimum Gasteiger partial charge on any atom is -0.468 e. The highest BCUT2D eigenvalue weighted by molar-refractivity contribution is 5.79. The number of alkyl halides is 3. The van der Waals surface area contributed by atoms with Crippen LogP contribution in [0.15, 0.2) is 0 Å². The number of carbonyl (C=O) groups is 1. The molecule has 0 radical (unpaired) electrons. The van der Waals surface area contributed by atoms with Crippen LogP contribution in [0.2, 0.25) is 0 Å². The molecule has 0 amide bonds. The quantitative estimate of drug-likeness (QED) is 0.760. The first-order chi connectivity index (χ1) is 7.50. The summed E-state index contributed by atoms with van der Waals surface area (Å²) in [6.45, 7) is 3.72. The number of nitrogens with two attached hydrogens (primary N) is 1. The summed E-state index contributed by atoms with van der Waals surface area (Å²) in [4.78, 5) is 11.2. The Labute approximate surface area is 98.2 Å². The molecule has 0 aromatic carbocycles. The van der Waals surface area contributed by atoms with Gasteiger partial charge in [0.15, 0.2) is 6.10 Å². The molecule has 4 nitrogen and oxygen atoms in total. The molecule has 3 unspecified atom stereocenters. The molecular formula is C10H18F3NO3. The van der Waals surface area contributed by atoms with Crippen LogP contribution in [0.3, 0.4) is 0 Å². The zero-order valence-corrected chi connectivity index (χ0v) is 10.3. The van der Waals surface area contributed by atoms with E-state index in [4.69, 9.17) is 10.5 Å². The van der Waals surface area contributed by atoms with Crippen molar-refractivity contribution in [3.8, 4) is 0 Å². The lowest BCUT2D eigenvalue weighted by Gasteiger charge is -2.27. The minimum absolute atomic E-state index is 0.0555. The predicted molar refractivity (Wildman–Crippen MR) is 55.3 cm³/mol. The first-order valence-electron chi connectivity index (χ1n) is 5.10. The number of esters is 1. The molecule has 0 heterocycles. The topological polar surface area (TPSA) is 61.5 Å². The lowest BCUT2D eigenvalue weighted by atomic mass is 9.96. The van der Waals surface area contributed by atoms with Gasteiger partial charge in [-0.15, -0.1) is 0 Å². The van der Waals surface area contributed by atoms with Crippen LogP contribution in [0.4, 0.5) is 13.2 Å². The number of hydrogen-bond acceptors (Lipinski definition) is 4. The van der Waals surface area contributed by atoms with Crippen molar-refractivity contribution >= 4 is 5.97 Å². The normalized spacial score (nSPS) is 19.3. The maximum Gasteiger partial charge on any atom is 0.414 e. The van der Waals surface area contributed by atoms with Crippen LogP contribution in [0.25, 0.3) is 0 Å². The van der Waals surface area contributed by atoms with Gasteiger partial charge in [-0.25, -0.2) is 0 Å². The van der Waals surface area contributed by atoms with Crippen molar-refractivity contribution in [2.24, 2.45) is 5.73 Å². The Morgan fingerprint density at radius 1 is 1.35 bits per heavy atom. The molecule has 7 heteroatoms. The zero-order valence-electron chi connectivity index (χ0n) is 10.3. The van der Waals surface area contributed by atoms with Crippen molar-refractivity contribution in [1.29, 1.82) is 0 Å². The summed E-state index contributed by atoms with van der Waals surface area (Å²) in [5, 5.41) is 0. The average Bonchev–Trinajstić information content (AvgIpc) is 2.13. The third-order valence-electron chi connectivity index (χ3n) is 2.26. The summed E-state index contributed by atoms with van der Waals surface area (Å²) in [5.41, 5.74) is 4.26. The molecule has 0 aromatic heterocycles. The predicted octanol–water partition coefficient (Wildman–Crippen LogP) is 1.62. The third kappa shape index (κ3) is 5.36. The van der Waals surface area contributed by atoms with Gasteiger partial charge in [-0.1, -0.05) is 0 Å². The van der Waals surface area contributed by atoms with E-state index in [1.165, 1.54) is 13.8 Å². The van der Waals surface area contributed by atoms with E-state index in [1.54, 1.807) is 0 Å². The van der Waals surface area contributed by atoms with E-state index < -0.39 is 29.9 Å². The number of methoxy groups -OCH3 is 1. The fourth-order valence-corrected chi connectivity index (χ4v) is 1.39. The summed E-state index contributed by atoms with van der Waals surface area (Å²) >= 11 is 0. The summed E-state index contributed by atoms with van der Waals surface area (Å²) in [6.07, 6.45) is -7.18. The highest BCUT2D eigenvalue weighted by Gasteiger charge is 2.39. The standard InChI is InChI=1S/C10H18F3NO3/c1-6(17-7(2)10(11,12)13)5-9(3,14)8(15)16-4/h6-7H,5,14H2,1-4H3. The maximum atomic E-state index is 12.2. The smallest absolute Gasteiger partial charge is 0.414 e.